The van der Waals surface area contributed by atoms with Crippen molar-refractivity contribution >= 4 is 17.7 Å². The topological polar surface area (TPSA) is 40.5 Å². The minimum atomic E-state index is -0.638. The number of nitrogens with zero attached hydrogens (tertiary/aromatic N) is 1. The fraction of sp³-hybridized carbons (Fsp3) is 0.533. The third-order valence-corrected chi connectivity index (χ3v) is 4.43. The number of likely N-dealkylation sites (tertiary alicyclic amines) is 1. The molecule has 1 fully saturated rings. The maximum atomic E-state index is 10.9. The Bertz CT molecular complexity index is 428. The molecule has 1 aromatic rings. The third kappa shape index (κ3) is 4.25. The average molecular weight is 279 g/mol. The normalized spacial score (nSPS) is 17.5. The molecule has 0 spiro atoms. The molecule has 3 nitrogen and oxygen atoms in total. The molecule has 2 rings (SSSR count). The van der Waals surface area contributed by atoms with Gasteiger partial charge in [0, 0.05) is 11.4 Å². The molecule has 1 heterocycles. The summed E-state index contributed by atoms with van der Waals surface area (Å²) in [6, 6.07) is 8.66. The summed E-state index contributed by atoms with van der Waals surface area (Å²) in [7, 11) is 0. The Labute approximate surface area is 119 Å². The van der Waals surface area contributed by atoms with Gasteiger partial charge in [0.1, 0.15) is 0 Å². The first-order valence-electron chi connectivity index (χ1n) is 6.86. The number of piperidine rings is 1. The van der Waals surface area contributed by atoms with Crippen LogP contribution in [0.4, 0.5) is 0 Å². The molecule has 104 valence electrons. The van der Waals surface area contributed by atoms with E-state index in [1.165, 1.54) is 10.5 Å². The highest BCUT2D eigenvalue weighted by Gasteiger charge is 2.24. The summed E-state index contributed by atoms with van der Waals surface area (Å²) >= 11 is 1.86. The maximum absolute atomic E-state index is 10.9. The number of thioether (sulfide) groups is 1. The molecule has 0 atom stereocenters. The van der Waals surface area contributed by atoms with Crippen LogP contribution in [0.5, 0.6) is 0 Å². The van der Waals surface area contributed by atoms with Gasteiger partial charge < -0.3 is 5.11 Å². The molecule has 1 N–H and O–H groups in total. The lowest BCUT2D eigenvalue weighted by molar-refractivity contribution is -0.143. The van der Waals surface area contributed by atoms with Gasteiger partial charge in [0.25, 0.3) is 0 Å². The lowest BCUT2D eigenvalue weighted by atomic mass is 9.97. The van der Waals surface area contributed by atoms with Crippen LogP contribution in [0.3, 0.4) is 0 Å². The summed E-state index contributed by atoms with van der Waals surface area (Å²) in [6.45, 7) is 4.88. The zero-order valence-electron chi connectivity index (χ0n) is 11.3. The largest absolute Gasteiger partial charge is 0.481 e. The van der Waals surface area contributed by atoms with Gasteiger partial charge in [-0.25, -0.2) is 0 Å². The van der Waals surface area contributed by atoms with Gasteiger partial charge in [0.2, 0.25) is 0 Å². The van der Waals surface area contributed by atoms with Crippen LogP contribution in [0.2, 0.25) is 0 Å². The highest BCUT2D eigenvalue weighted by molar-refractivity contribution is 7.99. The van der Waals surface area contributed by atoms with Gasteiger partial charge in [-0.15, -0.1) is 11.8 Å². The molecule has 1 saturated heterocycles. The van der Waals surface area contributed by atoms with Gasteiger partial charge >= 0.3 is 5.97 Å². The molecular weight excluding hydrogens is 258 g/mol. The second kappa shape index (κ2) is 6.96. The molecule has 4 heteroatoms. The Balaban J connectivity index is 1.88. The van der Waals surface area contributed by atoms with Crippen molar-refractivity contribution in [3.05, 3.63) is 29.8 Å². The molecule has 0 amide bonds. The number of aliphatic carboxylic acids is 1. The lowest BCUT2D eigenvalue weighted by Gasteiger charge is -2.30. The summed E-state index contributed by atoms with van der Waals surface area (Å²) in [5.74, 6) is 0.312. The zero-order chi connectivity index (χ0) is 13.7. The van der Waals surface area contributed by atoms with Crippen molar-refractivity contribution in [2.24, 2.45) is 5.92 Å². The van der Waals surface area contributed by atoms with Crippen molar-refractivity contribution in [2.75, 3.05) is 18.8 Å². The minimum Gasteiger partial charge on any atom is -0.481 e. The van der Waals surface area contributed by atoms with E-state index in [1.807, 2.05) is 11.8 Å². The van der Waals surface area contributed by atoms with E-state index in [2.05, 4.69) is 36.1 Å². The summed E-state index contributed by atoms with van der Waals surface area (Å²) in [6.07, 6.45) is 1.55. The van der Waals surface area contributed by atoms with Gasteiger partial charge in [-0.1, -0.05) is 19.1 Å². The molecule has 0 bridgehead atoms. The number of rotatable bonds is 5. The molecular formula is C15H21NO2S. The van der Waals surface area contributed by atoms with Gasteiger partial charge in [0.05, 0.1) is 5.92 Å². The third-order valence-electron chi connectivity index (χ3n) is 3.55. The Morgan fingerprint density at radius 2 is 2.16 bits per heavy atom. The minimum absolute atomic E-state index is 0.141. The molecule has 0 aromatic heterocycles. The van der Waals surface area contributed by atoms with E-state index in [0.29, 0.717) is 0 Å². The number of hydrogen-bond donors (Lipinski definition) is 1. The van der Waals surface area contributed by atoms with Crippen molar-refractivity contribution in [1.29, 1.82) is 0 Å². The summed E-state index contributed by atoms with van der Waals surface area (Å²) < 4.78 is 0. The standard InChI is InChI=1S/C15H21NO2S/c1-2-19-14-5-3-4-12(10-14)11-16-8-6-13(7-9-16)15(17)18/h3-5,10,13H,2,6-9,11H2,1H3,(H,17,18). The van der Waals surface area contributed by atoms with Crippen LogP contribution < -0.4 is 0 Å². The van der Waals surface area contributed by atoms with Crippen LogP contribution in [0, 0.1) is 5.92 Å². The predicted octanol–water partition coefficient (Wildman–Crippen LogP) is 3.10. The van der Waals surface area contributed by atoms with E-state index in [-0.39, 0.29) is 5.92 Å². The summed E-state index contributed by atoms with van der Waals surface area (Å²) in [5.41, 5.74) is 1.33. The second-order valence-corrected chi connectivity index (χ2v) is 6.31. The molecule has 1 aliphatic rings. The smallest absolute Gasteiger partial charge is 0.306 e. The monoisotopic (exact) mass is 279 g/mol. The van der Waals surface area contributed by atoms with Crippen LogP contribution in [0.1, 0.15) is 25.3 Å². The Hall–Kier alpha value is -1.00. The van der Waals surface area contributed by atoms with E-state index in [9.17, 15) is 4.79 Å². The number of carboxylic acid groups (broad SMARTS) is 1. The van der Waals surface area contributed by atoms with Crippen LogP contribution in [0.15, 0.2) is 29.2 Å². The second-order valence-electron chi connectivity index (χ2n) is 4.97. The van der Waals surface area contributed by atoms with Crippen molar-refractivity contribution < 1.29 is 9.90 Å². The first kappa shape index (κ1) is 14.4. The first-order valence-corrected chi connectivity index (χ1v) is 7.84. The Morgan fingerprint density at radius 3 is 2.79 bits per heavy atom. The predicted molar refractivity (Wildman–Crippen MR) is 78.5 cm³/mol. The van der Waals surface area contributed by atoms with Gasteiger partial charge in [-0.05, 0) is 49.4 Å². The average Bonchev–Trinajstić information content (AvgIpc) is 2.40. The molecule has 1 aromatic carbocycles. The van der Waals surface area contributed by atoms with E-state index in [1.54, 1.807) is 0 Å². The fourth-order valence-corrected chi connectivity index (χ4v) is 3.24. The van der Waals surface area contributed by atoms with E-state index in [4.69, 9.17) is 5.11 Å². The molecule has 0 unspecified atom stereocenters. The van der Waals surface area contributed by atoms with Crippen LogP contribution >= 0.6 is 11.8 Å². The molecule has 1 aliphatic heterocycles. The molecule has 19 heavy (non-hydrogen) atoms. The molecule has 0 radical (unpaired) electrons. The van der Waals surface area contributed by atoms with E-state index < -0.39 is 5.97 Å². The van der Waals surface area contributed by atoms with Crippen molar-refractivity contribution in [2.45, 2.75) is 31.2 Å². The maximum Gasteiger partial charge on any atom is 0.306 e. The van der Waals surface area contributed by atoms with Crippen LogP contribution in [0.25, 0.3) is 0 Å². The lowest BCUT2D eigenvalue weighted by Crippen LogP contribution is -2.35. The van der Waals surface area contributed by atoms with Gasteiger partial charge in [-0.2, -0.15) is 0 Å². The highest BCUT2D eigenvalue weighted by Crippen LogP contribution is 2.22. The molecule has 0 saturated carbocycles. The zero-order valence-corrected chi connectivity index (χ0v) is 12.2. The van der Waals surface area contributed by atoms with Crippen LogP contribution in [-0.2, 0) is 11.3 Å². The van der Waals surface area contributed by atoms with Crippen molar-refractivity contribution in [1.82, 2.24) is 4.90 Å². The number of carboxylic acids is 1. The SMILES string of the molecule is CCSc1cccc(CN2CCC(C(=O)O)CC2)c1. The summed E-state index contributed by atoms with van der Waals surface area (Å²) in [4.78, 5) is 14.6. The molecule has 0 aliphatic carbocycles. The van der Waals surface area contributed by atoms with Crippen molar-refractivity contribution in [3.63, 3.8) is 0 Å². The Morgan fingerprint density at radius 1 is 1.42 bits per heavy atom. The first-order chi connectivity index (χ1) is 9.19. The van der Waals surface area contributed by atoms with E-state index in [0.717, 1.165) is 38.2 Å². The fourth-order valence-electron chi connectivity index (χ4n) is 2.50. The van der Waals surface area contributed by atoms with Crippen LogP contribution in [-0.4, -0.2) is 34.8 Å². The highest BCUT2D eigenvalue weighted by atomic mass is 32.2. The van der Waals surface area contributed by atoms with Gasteiger partial charge in [-0.3, -0.25) is 9.69 Å². The summed E-state index contributed by atoms with van der Waals surface area (Å²) in [5, 5.41) is 8.99. The van der Waals surface area contributed by atoms with Crippen molar-refractivity contribution in [3.8, 4) is 0 Å². The quantitative estimate of drug-likeness (QED) is 0.841. The number of benzene rings is 1. The number of hydrogen-bond acceptors (Lipinski definition) is 3. The van der Waals surface area contributed by atoms with E-state index >= 15 is 0 Å². The Kier molecular flexibility index (Phi) is 5.28. The van der Waals surface area contributed by atoms with Gasteiger partial charge in [0.15, 0.2) is 0 Å². The number of carbonyl (C=O) groups is 1.